The Bertz CT molecular complexity index is 393. The summed E-state index contributed by atoms with van der Waals surface area (Å²) < 4.78 is 5.42. The molecule has 0 atom stereocenters. The minimum Gasteiger partial charge on any atom is -0.492 e. The SMILES string of the molecule is CCCOc1cncc(C(=O)C=C(C)C)c1. The van der Waals surface area contributed by atoms with E-state index in [0.29, 0.717) is 17.9 Å². The topological polar surface area (TPSA) is 39.2 Å². The maximum absolute atomic E-state index is 11.7. The molecule has 0 bridgehead atoms. The first-order chi connectivity index (χ1) is 7.63. The van der Waals surface area contributed by atoms with Crippen LogP contribution < -0.4 is 4.74 Å². The highest BCUT2D eigenvalue weighted by molar-refractivity contribution is 6.04. The van der Waals surface area contributed by atoms with Crippen LogP contribution in [-0.2, 0) is 0 Å². The smallest absolute Gasteiger partial charge is 0.187 e. The highest BCUT2D eigenvalue weighted by atomic mass is 16.5. The van der Waals surface area contributed by atoms with Gasteiger partial charge in [0, 0.05) is 11.8 Å². The normalized spacial score (nSPS) is 9.69. The first-order valence-corrected chi connectivity index (χ1v) is 5.40. The van der Waals surface area contributed by atoms with Crippen molar-refractivity contribution in [3.63, 3.8) is 0 Å². The number of aromatic nitrogens is 1. The van der Waals surface area contributed by atoms with Gasteiger partial charge in [-0.1, -0.05) is 12.5 Å². The molecule has 0 radical (unpaired) electrons. The molecule has 0 N–H and O–H groups in total. The van der Waals surface area contributed by atoms with Gasteiger partial charge in [-0.15, -0.1) is 0 Å². The Hall–Kier alpha value is -1.64. The number of carbonyl (C=O) groups excluding carboxylic acids is 1. The Labute approximate surface area is 96.2 Å². The standard InChI is InChI=1S/C13H17NO2/c1-4-5-16-12-7-11(8-14-9-12)13(15)6-10(2)3/h6-9H,4-5H2,1-3H3. The van der Waals surface area contributed by atoms with E-state index >= 15 is 0 Å². The Morgan fingerprint density at radius 2 is 2.19 bits per heavy atom. The van der Waals surface area contributed by atoms with E-state index in [1.165, 1.54) is 0 Å². The molecule has 0 aliphatic rings. The number of nitrogens with zero attached hydrogens (tertiary/aromatic N) is 1. The van der Waals surface area contributed by atoms with E-state index in [9.17, 15) is 4.79 Å². The van der Waals surface area contributed by atoms with Crippen molar-refractivity contribution < 1.29 is 9.53 Å². The van der Waals surface area contributed by atoms with Gasteiger partial charge in [0.2, 0.25) is 0 Å². The van der Waals surface area contributed by atoms with Gasteiger partial charge in [0.15, 0.2) is 5.78 Å². The molecule has 3 heteroatoms. The van der Waals surface area contributed by atoms with Gasteiger partial charge in [0.25, 0.3) is 0 Å². The molecule has 0 aromatic carbocycles. The molecular weight excluding hydrogens is 202 g/mol. The average Bonchev–Trinajstić information content (AvgIpc) is 2.26. The molecule has 0 amide bonds. The van der Waals surface area contributed by atoms with Gasteiger partial charge in [-0.25, -0.2) is 0 Å². The highest BCUT2D eigenvalue weighted by Crippen LogP contribution is 2.12. The minimum atomic E-state index is -0.0329. The van der Waals surface area contributed by atoms with Gasteiger partial charge in [0.05, 0.1) is 12.8 Å². The minimum absolute atomic E-state index is 0.0329. The van der Waals surface area contributed by atoms with Crippen molar-refractivity contribution in [3.8, 4) is 5.75 Å². The summed E-state index contributed by atoms with van der Waals surface area (Å²) in [5.74, 6) is 0.615. The van der Waals surface area contributed by atoms with Gasteiger partial charge in [-0.3, -0.25) is 9.78 Å². The van der Waals surface area contributed by atoms with Gasteiger partial charge >= 0.3 is 0 Å². The van der Waals surface area contributed by atoms with Gasteiger partial charge in [-0.2, -0.15) is 0 Å². The fourth-order valence-corrected chi connectivity index (χ4v) is 1.20. The summed E-state index contributed by atoms with van der Waals surface area (Å²) >= 11 is 0. The maximum atomic E-state index is 11.7. The van der Waals surface area contributed by atoms with E-state index < -0.39 is 0 Å². The molecular formula is C13H17NO2. The molecule has 86 valence electrons. The molecule has 1 rings (SSSR count). The van der Waals surface area contributed by atoms with Crippen LogP contribution in [0.25, 0.3) is 0 Å². The summed E-state index contributed by atoms with van der Waals surface area (Å²) in [5.41, 5.74) is 1.54. The molecule has 0 saturated heterocycles. The lowest BCUT2D eigenvalue weighted by Crippen LogP contribution is -2.00. The molecule has 0 fully saturated rings. The maximum Gasteiger partial charge on any atom is 0.187 e. The Kier molecular flexibility index (Phi) is 4.70. The predicted molar refractivity (Wildman–Crippen MR) is 63.8 cm³/mol. The lowest BCUT2D eigenvalue weighted by molar-refractivity contribution is 0.104. The monoisotopic (exact) mass is 219 g/mol. The second kappa shape index (κ2) is 6.05. The van der Waals surface area contributed by atoms with Crippen molar-refractivity contribution in [2.45, 2.75) is 27.2 Å². The average molecular weight is 219 g/mol. The second-order valence-electron chi connectivity index (χ2n) is 3.84. The molecule has 1 aromatic rings. The molecule has 16 heavy (non-hydrogen) atoms. The van der Waals surface area contributed by atoms with E-state index in [4.69, 9.17) is 4.74 Å². The second-order valence-corrected chi connectivity index (χ2v) is 3.84. The van der Waals surface area contributed by atoms with Crippen molar-refractivity contribution in [3.05, 3.63) is 35.7 Å². The van der Waals surface area contributed by atoms with Crippen LogP contribution in [0.2, 0.25) is 0 Å². The van der Waals surface area contributed by atoms with Gasteiger partial charge < -0.3 is 4.74 Å². The molecule has 0 saturated carbocycles. The largest absolute Gasteiger partial charge is 0.492 e. The molecule has 1 heterocycles. The van der Waals surface area contributed by atoms with Crippen LogP contribution >= 0.6 is 0 Å². The predicted octanol–water partition coefficient (Wildman–Crippen LogP) is 3.02. The van der Waals surface area contributed by atoms with Crippen LogP contribution in [0.1, 0.15) is 37.6 Å². The summed E-state index contributed by atoms with van der Waals surface area (Å²) in [4.78, 5) is 15.7. The number of hydrogen-bond acceptors (Lipinski definition) is 3. The van der Waals surface area contributed by atoms with E-state index in [-0.39, 0.29) is 5.78 Å². The number of ketones is 1. The van der Waals surface area contributed by atoms with Crippen molar-refractivity contribution in [1.82, 2.24) is 4.98 Å². The van der Waals surface area contributed by atoms with Crippen molar-refractivity contribution in [2.75, 3.05) is 6.61 Å². The van der Waals surface area contributed by atoms with E-state index in [1.807, 2.05) is 20.8 Å². The third kappa shape index (κ3) is 3.85. The zero-order valence-electron chi connectivity index (χ0n) is 9.99. The first kappa shape index (κ1) is 12.4. The number of pyridine rings is 1. The zero-order valence-corrected chi connectivity index (χ0v) is 9.99. The molecule has 0 unspecified atom stereocenters. The molecule has 3 nitrogen and oxygen atoms in total. The van der Waals surface area contributed by atoms with Crippen LogP contribution in [0.3, 0.4) is 0 Å². The third-order valence-electron chi connectivity index (χ3n) is 1.89. The number of carbonyl (C=O) groups is 1. The molecule has 0 spiro atoms. The third-order valence-corrected chi connectivity index (χ3v) is 1.89. The van der Waals surface area contributed by atoms with Gasteiger partial charge in [-0.05, 0) is 32.4 Å². The van der Waals surface area contributed by atoms with Crippen LogP contribution in [0.4, 0.5) is 0 Å². The summed E-state index contributed by atoms with van der Waals surface area (Å²) in [6.45, 7) is 6.46. The number of rotatable bonds is 5. The summed E-state index contributed by atoms with van der Waals surface area (Å²) in [5, 5.41) is 0. The van der Waals surface area contributed by atoms with Crippen molar-refractivity contribution in [1.29, 1.82) is 0 Å². The van der Waals surface area contributed by atoms with Crippen molar-refractivity contribution in [2.24, 2.45) is 0 Å². The van der Waals surface area contributed by atoms with Crippen LogP contribution in [0.15, 0.2) is 30.1 Å². The number of ether oxygens (including phenoxy) is 1. The van der Waals surface area contributed by atoms with E-state index in [2.05, 4.69) is 4.98 Å². The fourth-order valence-electron chi connectivity index (χ4n) is 1.20. The number of allylic oxidation sites excluding steroid dienone is 2. The Morgan fingerprint density at radius 3 is 2.81 bits per heavy atom. The fraction of sp³-hybridized carbons (Fsp3) is 0.385. The summed E-state index contributed by atoms with van der Waals surface area (Å²) in [6.07, 6.45) is 5.71. The van der Waals surface area contributed by atoms with Crippen LogP contribution in [-0.4, -0.2) is 17.4 Å². The van der Waals surface area contributed by atoms with Gasteiger partial charge in [0.1, 0.15) is 5.75 Å². The summed E-state index contributed by atoms with van der Waals surface area (Å²) in [7, 11) is 0. The number of hydrogen-bond donors (Lipinski definition) is 0. The lowest BCUT2D eigenvalue weighted by atomic mass is 10.1. The van der Waals surface area contributed by atoms with Crippen LogP contribution in [0.5, 0.6) is 5.75 Å². The molecule has 0 aliphatic heterocycles. The quantitative estimate of drug-likeness (QED) is 0.564. The molecule has 1 aromatic heterocycles. The Balaban J connectivity index is 2.81. The first-order valence-electron chi connectivity index (χ1n) is 5.40. The van der Waals surface area contributed by atoms with Crippen LogP contribution in [0, 0.1) is 0 Å². The van der Waals surface area contributed by atoms with Crippen molar-refractivity contribution >= 4 is 5.78 Å². The zero-order chi connectivity index (χ0) is 12.0. The lowest BCUT2D eigenvalue weighted by Gasteiger charge is -2.04. The van der Waals surface area contributed by atoms with E-state index in [1.54, 1.807) is 24.5 Å². The molecule has 0 aliphatic carbocycles. The highest BCUT2D eigenvalue weighted by Gasteiger charge is 2.04. The Morgan fingerprint density at radius 1 is 1.44 bits per heavy atom. The van der Waals surface area contributed by atoms with E-state index in [0.717, 1.165) is 12.0 Å². The summed E-state index contributed by atoms with van der Waals surface area (Å²) in [6, 6.07) is 1.73.